The second-order valence-electron chi connectivity index (χ2n) is 12.8. The zero-order chi connectivity index (χ0) is 32.3. The van der Waals surface area contributed by atoms with Crippen LogP contribution in [0.15, 0.2) is 186 Å². The van der Waals surface area contributed by atoms with Crippen molar-refractivity contribution >= 4 is 43.3 Å². The van der Waals surface area contributed by atoms with E-state index in [2.05, 4.69) is 176 Å². The molecule has 228 valence electrons. The topological polar surface area (TPSA) is 13.1 Å². The van der Waals surface area contributed by atoms with Crippen LogP contribution in [-0.2, 0) is 0 Å². The fourth-order valence-electron chi connectivity index (χ4n) is 7.72. The summed E-state index contributed by atoms with van der Waals surface area (Å²) in [5.74, 6) is 0.902. The first kappa shape index (κ1) is 27.7. The molecule has 0 fully saturated rings. The van der Waals surface area contributed by atoms with Crippen LogP contribution in [0.1, 0.15) is 0 Å². The van der Waals surface area contributed by atoms with E-state index in [0.717, 1.165) is 44.5 Å². The van der Waals surface area contributed by atoms with Crippen LogP contribution < -0.4 is 0 Å². The molecule has 0 aliphatic rings. The molecule has 1 aromatic heterocycles. The lowest BCUT2D eigenvalue weighted by atomic mass is 9.87. The fourth-order valence-corrected chi connectivity index (χ4v) is 7.72. The number of benzene rings is 9. The molecule has 1 nitrogen and oxygen atoms in total. The summed E-state index contributed by atoms with van der Waals surface area (Å²) in [6.07, 6.45) is 0. The van der Waals surface area contributed by atoms with E-state index in [1.807, 2.05) is 6.07 Å². The Balaban J connectivity index is 1.07. The molecule has 0 radical (unpaired) electrons. The quantitative estimate of drug-likeness (QED) is 0.174. The molecule has 0 bridgehead atoms. The van der Waals surface area contributed by atoms with Crippen LogP contribution in [-0.4, -0.2) is 0 Å². The fraction of sp³-hybridized carbons (Fsp3) is 0. The van der Waals surface area contributed by atoms with Gasteiger partial charge in [0.05, 0.1) is 0 Å². The van der Waals surface area contributed by atoms with Gasteiger partial charge in [-0.05, 0) is 83.4 Å². The van der Waals surface area contributed by atoms with Crippen LogP contribution in [0.25, 0.3) is 99.1 Å². The minimum absolute atomic E-state index is 0.890. The molecule has 0 atom stereocenters. The zero-order valence-corrected chi connectivity index (χ0v) is 26.7. The van der Waals surface area contributed by atoms with Crippen LogP contribution in [0.5, 0.6) is 0 Å². The van der Waals surface area contributed by atoms with Crippen LogP contribution in [0.4, 0.5) is 0 Å². The van der Waals surface area contributed by atoms with E-state index in [4.69, 9.17) is 4.42 Å². The van der Waals surface area contributed by atoms with Gasteiger partial charge in [0.1, 0.15) is 11.3 Å². The standard InChI is InChI=1S/C48H30O/c1-4-10-32(11-5-1)39-25-20-35-23-28-42-40(26-21-36-22-27-41(39)45(35)46(36)42)33-18-16-31(17-19-33)38-24-29-43-44(30-38)49-48(37-14-8-3-9-15-37)47(43)34-12-6-2-7-13-34/h1-30H. The normalized spacial score (nSPS) is 11.7. The molecule has 9 aromatic carbocycles. The summed E-state index contributed by atoms with van der Waals surface area (Å²) in [7, 11) is 0. The molecular weight excluding hydrogens is 593 g/mol. The molecule has 1 heterocycles. The third-order valence-corrected chi connectivity index (χ3v) is 10.1. The van der Waals surface area contributed by atoms with E-state index < -0.39 is 0 Å². The highest BCUT2D eigenvalue weighted by Crippen LogP contribution is 2.44. The molecule has 0 saturated heterocycles. The molecule has 0 aliphatic carbocycles. The molecule has 0 saturated carbocycles. The number of hydrogen-bond acceptors (Lipinski definition) is 1. The summed E-state index contributed by atoms with van der Waals surface area (Å²) in [5.41, 5.74) is 11.5. The summed E-state index contributed by atoms with van der Waals surface area (Å²) in [6, 6.07) is 65.5. The summed E-state index contributed by atoms with van der Waals surface area (Å²) >= 11 is 0. The van der Waals surface area contributed by atoms with Crippen molar-refractivity contribution in [3.05, 3.63) is 182 Å². The van der Waals surface area contributed by atoms with Gasteiger partial charge in [-0.2, -0.15) is 0 Å². The SMILES string of the molecule is c1ccc(-c2oc3cc(-c4ccc(-c5ccc6ccc7c(-c8ccccc8)ccc8ccc5c6c87)cc4)ccc3c2-c2ccccc2)cc1. The highest BCUT2D eigenvalue weighted by atomic mass is 16.3. The maximum absolute atomic E-state index is 6.64. The molecule has 1 heteroatoms. The Morgan fingerprint density at radius 1 is 0.306 bits per heavy atom. The first-order valence-corrected chi connectivity index (χ1v) is 16.8. The van der Waals surface area contributed by atoms with Gasteiger partial charge in [0.15, 0.2) is 0 Å². The van der Waals surface area contributed by atoms with Crippen molar-refractivity contribution in [2.75, 3.05) is 0 Å². The van der Waals surface area contributed by atoms with Crippen molar-refractivity contribution in [1.82, 2.24) is 0 Å². The lowest BCUT2D eigenvalue weighted by molar-refractivity contribution is 0.632. The van der Waals surface area contributed by atoms with Gasteiger partial charge in [-0.15, -0.1) is 0 Å². The Morgan fingerprint density at radius 3 is 1.35 bits per heavy atom. The van der Waals surface area contributed by atoms with Crippen LogP contribution in [0.3, 0.4) is 0 Å². The van der Waals surface area contributed by atoms with Gasteiger partial charge in [-0.25, -0.2) is 0 Å². The average molecular weight is 623 g/mol. The van der Waals surface area contributed by atoms with Gasteiger partial charge >= 0.3 is 0 Å². The van der Waals surface area contributed by atoms with Crippen molar-refractivity contribution in [2.45, 2.75) is 0 Å². The molecule has 0 unspecified atom stereocenters. The number of hydrogen-bond donors (Lipinski definition) is 0. The monoisotopic (exact) mass is 622 g/mol. The minimum Gasteiger partial charge on any atom is -0.455 e. The van der Waals surface area contributed by atoms with Crippen molar-refractivity contribution in [3.8, 4) is 55.8 Å². The summed E-state index contributed by atoms with van der Waals surface area (Å²) < 4.78 is 6.64. The van der Waals surface area contributed by atoms with Gasteiger partial charge in [-0.1, -0.05) is 170 Å². The Bertz CT molecular complexity index is 2770. The minimum atomic E-state index is 0.890. The summed E-state index contributed by atoms with van der Waals surface area (Å²) in [4.78, 5) is 0. The third-order valence-electron chi connectivity index (χ3n) is 10.1. The maximum Gasteiger partial charge on any atom is 0.143 e. The van der Waals surface area contributed by atoms with E-state index in [0.29, 0.717) is 0 Å². The highest BCUT2D eigenvalue weighted by Gasteiger charge is 2.19. The van der Waals surface area contributed by atoms with E-state index in [1.165, 1.54) is 54.6 Å². The van der Waals surface area contributed by atoms with E-state index in [-0.39, 0.29) is 0 Å². The van der Waals surface area contributed by atoms with Crippen LogP contribution >= 0.6 is 0 Å². The maximum atomic E-state index is 6.64. The molecule has 10 rings (SSSR count). The van der Waals surface area contributed by atoms with Crippen molar-refractivity contribution in [3.63, 3.8) is 0 Å². The Morgan fingerprint density at radius 2 is 0.755 bits per heavy atom. The number of rotatable bonds is 5. The van der Waals surface area contributed by atoms with E-state index in [9.17, 15) is 0 Å². The van der Waals surface area contributed by atoms with Gasteiger partial charge in [0, 0.05) is 16.5 Å². The predicted octanol–water partition coefficient (Wildman–Crippen LogP) is 13.7. The highest BCUT2D eigenvalue weighted by molar-refractivity contribution is 6.27. The lowest BCUT2D eigenvalue weighted by Crippen LogP contribution is -1.89. The van der Waals surface area contributed by atoms with Gasteiger partial charge in [-0.3, -0.25) is 0 Å². The molecule has 0 spiro atoms. The summed E-state index contributed by atoms with van der Waals surface area (Å²) in [5, 5.41) is 8.93. The Labute approximate surface area is 284 Å². The van der Waals surface area contributed by atoms with Crippen LogP contribution in [0, 0.1) is 0 Å². The van der Waals surface area contributed by atoms with Gasteiger partial charge in [0.25, 0.3) is 0 Å². The summed E-state index contributed by atoms with van der Waals surface area (Å²) in [6.45, 7) is 0. The molecule has 0 N–H and O–H groups in total. The zero-order valence-electron chi connectivity index (χ0n) is 26.7. The molecule has 10 aromatic rings. The number of fused-ring (bicyclic) bond motifs is 1. The largest absolute Gasteiger partial charge is 0.455 e. The molecule has 0 aliphatic heterocycles. The number of furan rings is 1. The smallest absolute Gasteiger partial charge is 0.143 e. The molecular formula is C48H30O. The van der Waals surface area contributed by atoms with E-state index >= 15 is 0 Å². The van der Waals surface area contributed by atoms with Crippen LogP contribution in [0.2, 0.25) is 0 Å². The molecule has 0 amide bonds. The average Bonchev–Trinajstić information content (AvgIpc) is 3.57. The van der Waals surface area contributed by atoms with E-state index in [1.54, 1.807) is 0 Å². The first-order chi connectivity index (χ1) is 24.3. The van der Waals surface area contributed by atoms with Crippen molar-refractivity contribution in [2.24, 2.45) is 0 Å². The third kappa shape index (κ3) is 4.47. The van der Waals surface area contributed by atoms with Gasteiger partial charge < -0.3 is 4.42 Å². The Kier molecular flexibility index (Phi) is 6.25. The second-order valence-corrected chi connectivity index (χ2v) is 12.8. The van der Waals surface area contributed by atoms with Crippen molar-refractivity contribution in [1.29, 1.82) is 0 Å². The first-order valence-electron chi connectivity index (χ1n) is 16.8. The predicted molar refractivity (Wildman–Crippen MR) is 207 cm³/mol. The second kappa shape index (κ2) is 11.1. The molecule has 49 heavy (non-hydrogen) atoms. The van der Waals surface area contributed by atoms with Gasteiger partial charge in [0.2, 0.25) is 0 Å². The lowest BCUT2D eigenvalue weighted by Gasteiger charge is -2.16. The van der Waals surface area contributed by atoms with Crippen molar-refractivity contribution < 1.29 is 4.42 Å². The Hall–Kier alpha value is -6.44.